The molecule has 1 aliphatic rings. The summed E-state index contributed by atoms with van der Waals surface area (Å²) in [4.78, 5) is 22.6. The molecule has 0 bridgehead atoms. The number of amides is 2. The molecule has 0 aromatic carbocycles. The Hall–Kier alpha value is -1.92. The van der Waals surface area contributed by atoms with E-state index in [-0.39, 0.29) is 18.4 Å². The molecule has 1 aromatic rings. The minimum atomic E-state index is -0.125. The quantitative estimate of drug-likeness (QED) is 0.748. The van der Waals surface area contributed by atoms with Gasteiger partial charge in [-0.2, -0.15) is 0 Å². The highest BCUT2D eigenvalue weighted by molar-refractivity contribution is 5.89. The predicted molar refractivity (Wildman–Crippen MR) is 60.1 cm³/mol. The van der Waals surface area contributed by atoms with Crippen molar-refractivity contribution in [2.75, 3.05) is 5.32 Å². The molecule has 0 radical (unpaired) electrons. The normalized spacial score (nSPS) is 14.4. The fourth-order valence-corrected chi connectivity index (χ4v) is 1.31. The van der Waals surface area contributed by atoms with Crippen LogP contribution >= 0.6 is 0 Å². The first kappa shape index (κ1) is 11.6. The Morgan fingerprint density at radius 3 is 2.88 bits per heavy atom. The second-order valence-corrected chi connectivity index (χ2v) is 4.04. The summed E-state index contributed by atoms with van der Waals surface area (Å²) in [5.41, 5.74) is 0. The fourth-order valence-electron chi connectivity index (χ4n) is 1.31. The topological polar surface area (TPSA) is 88.9 Å². The van der Waals surface area contributed by atoms with Gasteiger partial charge >= 0.3 is 0 Å². The van der Waals surface area contributed by atoms with Crippen molar-refractivity contribution in [1.29, 1.82) is 0 Å². The first-order chi connectivity index (χ1) is 8.17. The second kappa shape index (κ2) is 4.94. The van der Waals surface area contributed by atoms with Crippen molar-refractivity contribution in [3.8, 4) is 0 Å². The number of aromatic nitrogens is 3. The summed E-state index contributed by atoms with van der Waals surface area (Å²) >= 11 is 0. The summed E-state index contributed by atoms with van der Waals surface area (Å²) in [5.74, 6) is 0.168. The molecule has 2 rings (SSSR count). The maximum Gasteiger partial charge on any atom is 0.242 e. The van der Waals surface area contributed by atoms with E-state index in [1.54, 1.807) is 13.1 Å². The highest BCUT2D eigenvalue weighted by Crippen LogP contribution is 2.18. The molecule has 0 saturated heterocycles. The first-order valence-electron chi connectivity index (χ1n) is 5.66. The Kier molecular flexibility index (Phi) is 3.36. The molecule has 92 valence electrons. The molecular weight excluding hydrogens is 222 g/mol. The summed E-state index contributed by atoms with van der Waals surface area (Å²) in [7, 11) is 0. The number of carbonyl (C=O) groups is 2. The number of hydrogen-bond donors (Lipinski definition) is 2. The molecule has 0 unspecified atom stereocenters. The molecule has 1 aromatic heterocycles. The maximum absolute atomic E-state index is 11.5. The molecule has 1 saturated carbocycles. The number of nitrogens with one attached hydrogen (secondary N) is 2. The molecule has 0 aliphatic heterocycles. The summed E-state index contributed by atoms with van der Waals surface area (Å²) in [6.45, 7) is 1.88. The van der Waals surface area contributed by atoms with Gasteiger partial charge in [0.1, 0.15) is 6.54 Å². The van der Waals surface area contributed by atoms with Gasteiger partial charge in [-0.1, -0.05) is 12.1 Å². The van der Waals surface area contributed by atoms with E-state index in [1.807, 2.05) is 0 Å². The Morgan fingerprint density at radius 2 is 2.24 bits per heavy atom. The predicted octanol–water partition coefficient (Wildman–Crippen LogP) is -0.0948. The van der Waals surface area contributed by atoms with Crippen LogP contribution in [0.5, 0.6) is 0 Å². The summed E-state index contributed by atoms with van der Waals surface area (Å²) in [5, 5.41) is 12.9. The SMILES string of the molecule is CCC(=O)Nc1cn(CC(=O)NC2CC2)nn1. The van der Waals surface area contributed by atoms with Crippen LogP contribution in [0.25, 0.3) is 0 Å². The van der Waals surface area contributed by atoms with Crippen LogP contribution in [0.1, 0.15) is 26.2 Å². The van der Waals surface area contributed by atoms with Crippen LogP contribution < -0.4 is 10.6 Å². The highest BCUT2D eigenvalue weighted by Gasteiger charge is 2.23. The number of nitrogens with zero attached hydrogens (tertiary/aromatic N) is 3. The van der Waals surface area contributed by atoms with E-state index < -0.39 is 0 Å². The molecule has 1 heterocycles. The van der Waals surface area contributed by atoms with Gasteiger partial charge in [-0.05, 0) is 12.8 Å². The van der Waals surface area contributed by atoms with Crippen LogP contribution in [0.4, 0.5) is 5.82 Å². The third-order valence-corrected chi connectivity index (χ3v) is 2.38. The van der Waals surface area contributed by atoms with Crippen molar-refractivity contribution >= 4 is 17.6 Å². The monoisotopic (exact) mass is 237 g/mol. The highest BCUT2D eigenvalue weighted by atomic mass is 16.2. The standard InChI is InChI=1S/C10H15N5O2/c1-2-9(16)12-8-5-15(14-13-8)6-10(17)11-7-3-4-7/h5,7H,2-4,6H2,1H3,(H,11,17)(H,12,16). The van der Waals surface area contributed by atoms with Crippen LogP contribution in [0, 0.1) is 0 Å². The molecule has 1 fully saturated rings. The van der Waals surface area contributed by atoms with Crippen molar-refractivity contribution < 1.29 is 9.59 Å². The van der Waals surface area contributed by atoms with Gasteiger partial charge in [0.25, 0.3) is 0 Å². The minimum absolute atomic E-state index is 0.0780. The van der Waals surface area contributed by atoms with E-state index >= 15 is 0 Å². The maximum atomic E-state index is 11.5. The van der Waals surface area contributed by atoms with Gasteiger partial charge < -0.3 is 10.6 Å². The zero-order valence-corrected chi connectivity index (χ0v) is 9.64. The minimum Gasteiger partial charge on any atom is -0.352 e. The zero-order valence-electron chi connectivity index (χ0n) is 9.64. The average molecular weight is 237 g/mol. The summed E-state index contributed by atoms with van der Waals surface area (Å²) < 4.78 is 1.41. The molecular formula is C10H15N5O2. The molecule has 7 heteroatoms. The lowest BCUT2D eigenvalue weighted by molar-refractivity contribution is -0.122. The number of carbonyl (C=O) groups excluding carboxylic acids is 2. The van der Waals surface area contributed by atoms with E-state index in [0.717, 1.165) is 12.8 Å². The summed E-state index contributed by atoms with van der Waals surface area (Å²) in [6.07, 6.45) is 4.04. The van der Waals surface area contributed by atoms with Gasteiger partial charge in [-0.15, -0.1) is 5.10 Å². The molecule has 2 N–H and O–H groups in total. The lowest BCUT2D eigenvalue weighted by Crippen LogP contribution is -2.29. The lowest BCUT2D eigenvalue weighted by Gasteiger charge is -2.01. The largest absolute Gasteiger partial charge is 0.352 e. The average Bonchev–Trinajstić information content (AvgIpc) is 2.99. The van der Waals surface area contributed by atoms with Crippen molar-refractivity contribution in [3.05, 3.63) is 6.20 Å². The molecule has 0 atom stereocenters. The van der Waals surface area contributed by atoms with E-state index in [9.17, 15) is 9.59 Å². The van der Waals surface area contributed by atoms with Gasteiger partial charge in [0.05, 0.1) is 6.20 Å². The number of anilines is 1. The summed E-state index contributed by atoms with van der Waals surface area (Å²) in [6, 6.07) is 0.338. The van der Waals surface area contributed by atoms with Gasteiger partial charge in [0, 0.05) is 12.5 Å². The van der Waals surface area contributed by atoms with Crippen LogP contribution in [-0.2, 0) is 16.1 Å². The number of rotatable bonds is 5. The van der Waals surface area contributed by atoms with Crippen molar-refractivity contribution in [2.24, 2.45) is 0 Å². The molecule has 1 aliphatic carbocycles. The molecule has 0 spiro atoms. The Balaban J connectivity index is 1.84. The Bertz CT molecular complexity index is 424. The van der Waals surface area contributed by atoms with Crippen molar-refractivity contribution in [1.82, 2.24) is 20.3 Å². The first-order valence-corrected chi connectivity index (χ1v) is 5.66. The lowest BCUT2D eigenvalue weighted by atomic mass is 10.4. The smallest absolute Gasteiger partial charge is 0.242 e. The molecule has 7 nitrogen and oxygen atoms in total. The van der Waals surface area contributed by atoms with Crippen molar-refractivity contribution in [3.63, 3.8) is 0 Å². The van der Waals surface area contributed by atoms with Crippen LogP contribution in [0.2, 0.25) is 0 Å². The van der Waals surface area contributed by atoms with Crippen LogP contribution in [0.15, 0.2) is 6.20 Å². The van der Waals surface area contributed by atoms with Crippen LogP contribution in [-0.4, -0.2) is 32.9 Å². The Labute approximate surface area is 98.6 Å². The number of hydrogen-bond acceptors (Lipinski definition) is 4. The third-order valence-electron chi connectivity index (χ3n) is 2.38. The van der Waals surface area contributed by atoms with Crippen LogP contribution in [0.3, 0.4) is 0 Å². The van der Waals surface area contributed by atoms with Gasteiger partial charge in [0.15, 0.2) is 5.82 Å². The second-order valence-electron chi connectivity index (χ2n) is 4.04. The van der Waals surface area contributed by atoms with E-state index in [2.05, 4.69) is 20.9 Å². The van der Waals surface area contributed by atoms with Crippen molar-refractivity contribution in [2.45, 2.75) is 38.8 Å². The third kappa shape index (κ3) is 3.54. The molecule has 2 amide bonds. The van der Waals surface area contributed by atoms with Gasteiger partial charge in [0.2, 0.25) is 11.8 Å². The van der Waals surface area contributed by atoms with E-state index in [0.29, 0.717) is 18.3 Å². The van der Waals surface area contributed by atoms with E-state index in [4.69, 9.17) is 0 Å². The van der Waals surface area contributed by atoms with Gasteiger partial charge in [-0.25, -0.2) is 4.68 Å². The Morgan fingerprint density at radius 1 is 1.47 bits per heavy atom. The molecule has 17 heavy (non-hydrogen) atoms. The van der Waals surface area contributed by atoms with Gasteiger partial charge in [-0.3, -0.25) is 9.59 Å². The van der Waals surface area contributed by atoms with E-state index in [1.165, 1.54) is 4.68 Å². The zero-order chi connectivity index (χ0) is 12.3. The fraction of sp³-hybridized carbons (Fsp3) is 0.600.